The summed E-state index contributed by atoms with van der Waals surface area (Å²) < 4.78 is 41.3. The average Bonchev–Trinajstić information content (AvgIpc) is 2.35. The molecule has 1 N–H and O–H groups in total. The van der Waals surface area contributed by atoms with Gasteiger partial charge in [0.1, 0.15) is 21.4 Å². The smallest absolute Gasteiger partial charge is 0.150 e. The number of ether oxygens (including phenoxy) is 1. The summed E-state index contributed by atoms with van der Waals surface area (Å²) in [5, 5.41) is 3.24. The molecule has 0 aliphatic carbocycles. The first-order valence-electron chi connectivity index (χ1n) is 6.39. The molecule has 1 aromatic rings. The van der Waals surface area contributed by atoms with Gasteiger partial charge in [-0.15, -0.1) is 0 Å². The van der Waals surface area contributed by atoms with Gasteiger partial charge in [-0.3, -0.25) is 0 Å². The normalized spacial score (nSPS) is 19.1. The summed E-state index contributed by atoms with van der Waals surface area (Å²) in [6.07, 6.45) is 1.15. The summed E-state index contributed by atoms with van der Waals surface area (Å²) in [6, 6.07) is 4.42. The van der Waals surface area contributed by atoms with E-state index in [1.807, 2.05) is 6.92 Å². The van der Waals surface area contributed by atoms with Crippen molar-refractivity contribution in [2.45, 2.75) is 25.8 Å². The lowest BCUT2D eigenvalue weighted by atomic mass is 10.1. The van der Waals surface area contributed by atoms with Crippen molar-refractivity contribution < 1.29 is 17.5 Å². The van der Waals surface area contributed by atoms with Crippen LogP contribution in [0.3, 0.4) is 0 Å². The van der Waals surface area contributed by atoms with Crippen LogP contribution < -0.4 is 10.1 Å². The van der Waals surface area contributed by atoms with E-state index in [4.69, 9.17) is 4.74 Å². The van der Waals surface area contributed by atoms with Crippen LogP contribution in [0.1, 0.15) is 19.8 Å². The molecule has 106 valence electrons. The van der Waals surface area contributed by atoms with Crippen LogP contribution in [0, 0.1) is 5.82 Å². The second-order valence-electron chi connectivity index (χ2n) is 4.64. The van der Waals surface area contributed by atoms with Gasteiger partial charge in [-0.2, -0.15) is 0 Å². The molecule has 0 bridgehead atoms. The molecular formula is C13H18FNO3S. The number of hydrogen-bond donors (Lipinski definition) is 1. The second kappa shape index (κ2) is 5.77. The lowest BCUT2D eigenvalue weighted by Crippen LogP contribution is -2.32. The van der Waals surface area contributed by atoms with Crippen LogP contribution in [0.4, 0.5) is 10.1 Å². The summed E-state index contributed by atoms with van der Waals surface area (Å²) in [7, 11) is -2.87. The van der Waals surface area contributed by atoms with E-state index in [0.29, 0.717) is 30.9 Å². The Bertz CT molecular complexity index is 531. The van der Waals surface area contributed by atoms with Crippen LogP contribution in [0.15, 0.2) is 18.2 Å². The van der Waals surface area contributed by atoms with E-state index in [0.717, 1.165) is 0 Å². The molecule has 4 nitrogen and oxygen atoms in total. The summed E-state index contributed by atoms with van der Waals surface area (Å²) in [5.41, 5.74) is 0.715. The number of hydrogen-bond acceptors (Lipinski definition) is 4. The van der Waals surface area contributed by atoms with Crippen LogP contribution in [0.25, 0.3) is 0 Å². The van der Waals surface area contributed by atoms with Gasteiger partial charge in [0.25, 0.3) is 0 Å². The summed E-state index contributed by atoms with van der Waals surface area (Å²) in [5.74, 6) is 0.530. The van der Waals surface area contributed by atoms with Gasteiger partial charge in [-0.25, -0.2) is 12.8 Å². The molecule has 0 saturated carbocycles. The monoisotopic (exact) mass is 287 g/mol. The Morgan fingerprint density at radius 3 is 2.68 bits per heavy atom. The van der Waals surface area contributed by atoms with Gasteiger partial charge in [0.05, 0.1) is 23.8 Å². The first-order valence-corrected chi connectivity index (χ1v) is 8.21. The highest BCUT2D eigenvalue weighted by Crippen LogP contribution is 2.28. The third-order valence-electron chi connectivity index (χ3n) is 3.16. The van der Waals surface area contributed by atoms with Crippen LogP contribution in [-0.4, -0.2) is 32.6 Å². The van der Waals surface area contributed by atoms with Crippen molar-refractivity contribution in [1.29, 1.82) is 0 Å². The highest BCUT2D eigenvalue weighted by Gasteiger charge is 2.24. The van der Waals surface area contributed by atoms with Crippen molar-refractivity contribution in [2.75, 3.05) is 23.4 Å². The lowest BCUT2D eigenvalue weighted by molar-refractivity contribution is 0.339. The molecule has 1 aromatic carbocycles. The van der Waals surface area contributed by atoms with Gasteiger partial charge in [-0.05, 0) is 31.9 Å². The molecule has 1 aliphatic heterocycles. The molecule has 2 rings (SSSR count). The number of halogens is 1. The molecule has 0 atom stereocenters. The Labute approximate surface area is 112 Å². The zero-order valence-corrected chi connectivity index (χ0v) is 11.7. The fourth-order valence-electron chi connectivity index (χ4n) is 2.14. The standard InChI is InChI=1S/C13H18FNO3S/c1-2-18-13-9-10(14)3-4-12(13)15-11-5-7-19(16,17)8-6-11/h3-4,9,11,15H,2,5-8H2,1H3. The van der Waals surface area contributed by atoms with E-state index < -0.39 is 9.84 Å². The van der Waals surface area contributed by atoms with E-state index >= 15 is 0 Å². The van der Waals surface area contributed by atoms with Gasteiger partial charge < -0.3 is 10.1 Å². The molecule has 0 amide bonds. The highest BCUT2D eigenvalue weighted by atomic mass is 32.2. The predicted molar refractivity (Wildman–Crippen MR) is 72.9 cm³/mol. The van der Waals surface area contributed by atoms with Crippen molar-refractivity contribution in [2.24, 2.45) is 0 Å². The summed E-state index contributed by atoms with van der Waals surface area (Å²) in [4.78, 5) is 0. The summed E-state index contributed by atoms with van der Waals surface area (Å²) >= 11 is 0. The first kappa shape index (κ1) is 14.1. The van der Waals surface area contributed by atoms with Crippen molar-refractivity contribution in [1.82, 2.24) is 0 Å². The van der Waals surface area contributed by atoms with Crippen molar-refractivity contribution >= 4 is 15.5 Å². The number of benzene rings is 1. The Balaban J connectivity index is 2.07. The van der Waals surface area contributed by atoms with Crippen LogP contribution in [0.5, 0.6) is 5.75 Å². The van der Waals surface area contributed by atoms with Crippen molar-refractivity contribution in [3.8, 4) is 5.75 Å². The van der Waals surface area contributed by atoms with E-state index in [1.54, 1.807) is 6.07 Å². The Morgan fingerprint density at radius 1 is 1.37 bits per heavy atom. The molecule has 1 saturated heterocycles. The van der Waals surface area contributed by atoms with Gasteiger partial charge in [-0.1, -0.05) is 0 Å². The molecule has 19 heavy (non-hydrogen) atoms. The maximum Gasteiger partial charge on any atom is 0.150 e. The van der Waals surface area contributed by atoms with Crippen LogP contribution in [0.2, 0.25) is 0 Å². The predicted octanol–water partition coefficient (Wildman–Crippen LogP) is 2.21. The Hall–Kier alpha value is -1.30. The first-order chi connectivity index (χ1) is 9.00. The molecule has 1 fully saturated rings. The fourth-order valence-corrected chi connectivity index (χ4v) is 3.64. The molecule has 0 aromatic heterocycles. The second-order valence-corrected chi connectivity index (χ2v) is 6.95. The van der Waals surface area contributed by atoms with E-state index in [-0.39, 0.29) is 23.4 Å². The molecular weight excluding hydrogens is 269 g/mol. The Kier molecular flexibility index (Phi) is 4.29. The van der Waals surface area contributed by atoms with Crippen LogP contribution >= 0.6 is 0 Å². The Morgan fingerprint density at radius 2 is 2.05 bits per heavy atom. The molecule has 0 unspecified atom stereocenters. The quantitative estimate of drug-likeness (QED) is 0.922. The number of sulfone groups is 1. The topological polar surface area (TPSA) is 55.4 Å². The molecule has 1 aliphatic rings. The van der Waals surface area contributed by atoms with Crippen LogP contribution in [-0.2, 0) is 9.84 Å². The zero-order chi connectivity index (χ0) is 13.9. The minimum absolute atomic E-state index is 0.0909. The van der Waals surface area contributed by atoms with Crippen molar-refractivity contribution in [3.63, 3.8) is 0 Å². The van der Waals surface area contributed by atoms with Gasteiger partial charge in [0, 0.05) is 12.1 Å². The van der Waals surface area contributed by atoms with E-state index in [9.17, 15) is 12.8 Å². The van der Waals surface area contributed by atoms with Gasteiger partial charge in [0.15, 0.2) is 0 Å². The largest absolute Gasteiger partial charge is 0.492 e. The maximum absolute atomic E-state index is 13.2. The van der Waals surface area contributed by atoms with E-state index in [1.165, 1.54) is 12.1 Å². The SMILES string of the molecule is CCOc1cc(F)ccc1NC1CCS(=O)(=O)CC1. The van der Waals surface area contributed by atoms with E-state index in [2.05, 4.69) is 5.32 Å². The van der Waals surface area contributed by atoms with Gasteiger partial charge >= 0.3 is 0 Å². The maximum atomic E-state index is 13.2. The average molecular weight is 287 g/mol. The minimum atomic E-state index is -2.87. The summed E-state index contributed by atoms with van der Waals surface area (Å²) in [6.45, 7) is 2.29. The molecule has 1 heterocycles. The third kappa shape index (κ3) is 3.83. The molecule has 0 radical (unpaired) electrons. The molecule has 6 heteroatoms. The highest BCUT2D eigenvalue weighted by molar-refractivity contribution is 7.91. The fraction of sp³-hybridized carbons (Fsp3) is 0.538. The number of rotatable bonds is 4. The van der Waals surface area contributed by atoms with Crippen molar-refractivity contribution in [3.05, 3.63) is 24.0 Å². The minimum Gasteiger partial charge on any atom is -0.492 e. The third-order valence-corrected chi connectivity index (χ3v) is 4.87. The molecule has 0 spiro atoms. The number of nitrogens with one attached hydrogen (secondary N) is 1. The van der Waals surface area contributed by atoms with Gasteiger partial charge in [0.2, 0.25) is 0 Å². The lowest BCUT2D eigenvalue weighted by Gasteiger charge is -2.25. The zero-order valence-electron chi connectivity index (χ0n) is 10.9. The number of anilines is 1.